The van der Waals surface area contributed by atoms with Gasteiger partial charge in [-0.2, -0.15) is 0 Å². The Morgan fingerprint density at radius 2 is 1.77 bits per heavy atom. The van der Waals surface area contributed by atoms with Crippen molar-refractivity contribution in [2.75, 3.05) is 11.5 Å². The molecule has 0 spiro atoms. The number of hydrogen-bond acceptors (Lipinski definition) is 2. The van der Waals surface area contributed by atoms with Gasteiger partial charge in [0.15, 0.2) is 0 Å². The van der Waals surface area contributed by atoms with Crippen molar-refractivity contribution in [3.05, 3.63) is 64.2 Å². The van der Waals surface area contributed by atoms with Crippen molar-refractivity contribution in [3.63, 3.8) is 0 Å². The maximum absolute atomic E-state index is 6.71. The highest BCUT2D eigenvalue weighted by atomic mass is 14.6. The van der Waals surface area contributed by atoms with Gasteiger partial charge in [0.05, 0.1) is 0 Å². The zero-order chi connectivity index (χ0) is 20.6. The quantitative estimate of drug-likeness (QED) is 0.614. The van der Waals surface area contributed by atoms with Crippen molar-refractivity contribution < 1.29 is 0 Å². The molecule has 156 valence electrons. The molecule has 6 rings (SSSR count). The van der Waals surface area contributed by atoms with Gasteiger partial charge in [-0.05, 0) is 114 Å². The van der Waals surface area contributed by atoms with E-state index in [0.717, 1.165) is 36.1 Å². The SMILES string of the molecule is C=C(c1ccc2c(c1N)CCC2)C1CC1C1Cc2ccc(C(C)C3CC3)c(N)c2C1. The Kier molecular flexibility index (Phi) is 4.10. The van der Waals surface area contributed by atoms with Crippen LogP contribution >= 0.6 is 0 Å². The summed E-state index contributed by atoms with van der Waals surface area (Å²) in [7, 11) is 0. The Balaban J connectivity index is 1.19. The Bertz CT molecular complexity index is 1050. The van der Waals surface area contributed by atoms with Crippen LogP contribution in [0.25, 0.3) is 5.57 Å². The molecule has 4 atom stereocenters. The van der Waals surface area contributed by atoms with Crippen molar-refractivity contribution in [3.8, 4) is 0 Å². The molecule has 0 heterocycles. The summed E-state index contributed by atoms with van der Waals surface area (Å²) in [6.45, 7) is 6.89. The highest BCUT2D eigenvalue weighted by molar-refractivity contribution is 5.79. The lowest BCUT2D eigenvalue weighted by Crippen LogP contribution is -2.07. The summed E-state index contributed by atoms with van der Waals surface area (Å²) < 4.78 is 0. The number of nitrogens with two attached hydrogens (primary N) is 2. The number of allylic oxidation sites excluding steroid dienone is 1. The lowest BCUT2D eigenvalue weighted by atomic mass is 9.91. The van der Waals surface area contributed by atoms with Crippen LogP contribution in [0.3, 0.4) is 0 Å². The van der Waals surface area contributed by atoms with Gasteiger partial charge in [0.2, 0.25) is 0 Å². The maximum atomic E-state index is 6.71. The molecule has 0 aliphatic heterocycles. The molecule has 0 bridgehead atoms. The first-order valence-corrected chi connectivity index (χ1v) is 12.0. The average Bonchev–Trinajstić information content (AvgIpc) is 3.65. The van der Waals surface area contributed by atoms with Crippen LogP contribution in [0.2, 0.25) is 0 Å². The minimum Gasteiger partial charge on any atom is -0.398 e. The summed E-state index contributed by atoms with van der Waals surface area (Å²) >= 11 is 0. The molecule has 0 saturated heterocycles. The zero-order valence-corrected chi connectivity index (χ0v) is 18.2. The Morgan fingerprint density at radius 1 is 0.967 bits per heavy atom. The summed E-state index contributed by atoms with van der Waals surface area (Å²) in [5, 5.41) is 0. The molecule has 4 unspecified atom stereocenters. The topological polar surface area (TPSA) is 52.0 Å². The Labute approximate surface area is 180 Å². The minimum absolute atomic E-state index is 0.595. The van der Waals surface area contributed by atoms with Crippen LogP contribution in [0.1, 0.15) is 71.9 Å². The smallest absolute Gasteiger partial charge is 0.0425 e. The Hall–Kier alpha value is -2.22. The van der Waals surface area contributed by atoms with Crippen LogP contribution in [0.15, 0.2) is 30.8 Å². The number of rotatable bonds is 5. The van der Waals surface area contributed by atoms with Gasteiger partial charge in [0.1, 0.15) is 0 Å². The molecule has 2 saturated carbocycles. The molecule has 4 N–H and O–H groups in total. The summed E-state index contributed by atoms with van der Waals surface area (Å²) in [4.78, 5) is 0. The summed E-state index contributed by atoms with van der Waals surface area (Å²) in [5.41, 5.74) is 25.1. The van der Waals surface area contributed by atoms with Gasteiger partial charge in [-0.3, -0.25) is 0 Å². The molecule has 2 aromatic carbocycles. The number of hydrogen-bond donors (Lipinski definition) is 2. The molecule has 0 aromatic heterocycles. The van der Waals surface area contributed by atoms with E-state index in [1.165, 1.54) is 77.5 Å². The van der Waals surface area contributed by atoms with E-state index in [1.807, 2.05) is 0 Å². The van der Waals surface area contributed by atoms with Gasteiger partial charge >= 0.3 is 0 Å². The van der Waals surface area contributed by atoms with Crippen molar-refractivity contribution in [1.82, 2.24) is 0 Å². The molecule has 4 aliphatic carbocycles. The number of fused-ring (bicyclic) bond motifs is 2. The van der Waals surface area contributed by atoms with Crippen LogP contribution in [-0.2, 0) is 25.7 Å². The highest BCUT2D eigenvalue weighted by Crippen LogP contribution is 2.56. The van der Waals surface area contributed by atoms with Gasteiger partial charge in [-0.15, -0.1) is 0 Å². The molecule has 2 heteroatoms. The predicted octanol–water partition coefficient (Wildman–Crippen LogP) is 5.92. The fourth-order valence-electron chi connectivity index (χ4n) is 6.64. The lowest BCUT2D eigenvalue weighted by molar-refractivity contribution is 0.477. The van der Waals surface area contributed by atoms with Crippen LogP contribution < -0.4 is 11.5 Å². The molecule has 2 aromatic rings. The third-order valence-electron chi connectivity index (χ3n) is 8.82. The molecule has 2 nitrogen and oxygen atoms in total. The fourth-order valence-corrected chi connectivity index (χ4v) is 6.64. The number of aryl methyl sites for hydroxylation is 1. The van der Waals surface area contributed by atoms with E-state index in [9.17, 15) is 0 Å². The van der Waals surface area contributed by atoms with Crippen molar-refractivity contribution in [1.29, 1.82) is 0 Å². The molecule has 0 amide bonds. The Morgan fingerprint density at radius 3 is 2.57 bits per heavy atom. The first-order valence-electron chi connectivity index (χ1n) is 12.0. The van der Waals surface area contributed by atoms with Gasteiger partial charge < -0.3 is 11.5 Å². The van der Waals surface area contributed by atoms with Gasteiger partial charge in [-0.1, -0.05) is 37.8 Å². The van der Waals surface area contributed by atoms with E-state index in [1.54, 1.807) is 0 Å². The zero-order valence-electron chi connectivity index (χ0n) is 18.2. The third kappa shape index (κ3) is 2.83. The van der Waals surface area contributed by atoms with E-state index in [0.29, 0.717) is 17.8 Å². The monoisotopic (exact) mass is 398 g/mol. The molecular weight excluding hydrogens is 364 g/mol. The van der Waals surface area contributed by atoms with E-state index in [-0.39, 0.29) is 0 Å². The first-order chi connectivity index (χ1) is 14.5. The second kappa shape index (κ2) is 6.64. The summed E-state index contributed by atoms with van der Waals surface area (Å²) in [5.74, 6) is 3.52. The van der Waals surface area contributed by atoms with Crippen LogP contribution in [0, 0.1) is 23.7 Å². The van der Waals surface area contributed by atoms with Crippen LogP contribution in [-0.4, -0.2) is 0 Å². The number of anilines is 2. The minimum atomic E-state index is 0.595. The maximum Gasteiger partial charge on any atom is 0.0425 e. The van der Waals surface area contributed by atoms with E-state index in [4.69, 9.17) is 11.5 Å². The predicted molar refractivity (Wildman–Crippen MR) is 126 cm³/mol. The third-order valence-corrected chi connectivity index (χ3v) is 8.82. The highest BCUT2D eigenvalue weighted by Gasteiger charge is 2.47. The second-order valence-corrected chi connectivity index (χ2v) is 10.5. The van der Waals surface area contributed by atoms with Crippen molar-refractivity contribution in [2.24, 2.45) is 23.7 Å². The summed E-state index contributed by atoms with van der Waals surface area (Å²) in [6.07, 6.45) is 9.91. The molecule has 30 heavy (non-hydrogen) atoms. The second-order valence-electron chi connectivity index (χ2n) is 10.5. The lowest BCUT2D eigenvalue weighted by Gasteiger charge is -2.16. The van der Waals surface area contributed by atoms with E-state index >= 15 is 0 Å². The summed E-state index contributed by atoms with van der Waals surface area (Å²) in [6, 6.07) is 9.24. The van der Waals surface area contributed by atoms with E-state index in [2.05, 4.69) is 37.8 Å². The number of nitrogen functional groups attached to an aromatic ring is 2. The van der Waals surface area contributed by atoms with Crippen LogP contribution in [0.5, 0.6) is 0 Å². The van der Waals surface area contributed by atoms with Crippen molar-refractivity contribution in [2.45, 2.75) is 64.2 Å². The van der Waals surface area contributed by atoms with Gasteiger partial charge in [0.25, 0.3) is 0 Å². The normalized spacial score (nSPS) is 27.6. The molecule has 4 aliphatic rings. The molecule has 0 radical (unpaired) electrons. The van der Waals surface area contributed by atoms with Gasteiger partial charge in [-0.25, -0.2) is 0 Å². The molecular formula is C28H34N2. The average molecular weight is 399 g/mol. The van der Waals surface area contributed by atoms with Crippen LogP contribution in [0.4, 0.5) is 11.4 Å². The van der Waals surface area contributed by atoms with Crippen molar-refractivity contribution >= 4 is 16.9 Å². The van der Waals surface area contributed by atoms with Gasteiger partial charge in [0, 0.05) is 16.9 Å². The first kappa shape index (κ1) is 18.5. The molecule has 2 fully saturated rings. The largest absolute Gasteiger partial charge is 0.398 e. The fraction of sp³-hybridized carbons (Fsp3) is 0.500. The van der Waals surface area contributed by atoms with E-state index < -0.39 is 0 Å². The standard InChI is InChI=1S/C28H34N2/c1-15(17-6-7-17)21-11-9-19-12-20(13-26(19)28(21)30)25-14-24(25)16(2)22-10-8-18-4-3-5-23(18)27(22)29/h8-11,15,17,20,24-25H,2-7,12-14,29-30H2,1H3. The number of benzene rings is 2.